The first-order chi connectivity index (χ1) is 12.8. The van der Waals surface area contributed by atoms with E-state index in [1.54, 1.807) is 6.07 Å². The van der Waals surface area contributed by atoms with Gasteiger partial charge in [-0.25, -0.2) is 8.42 Å². The number of hydrogen-bond acceptors (Lipinski definition) is 6. The first-order valence-corrected chi connectivity index (χ1v) is 9.50. The highest BCUT2D eigenvalue weighted by atomic mass is 32.2. The number of carbonyl (C=O) groups excluding carboxylic acids is 2. The molecule has 0 aliphatic carbocycles. The number of carbonyl (C=O) groups is 2. The van der Waals surface area contributed by atoms with Gasteiger partial charge in [-0.05, 0) is 44.2 Å². The summed E-state index contributed by atoms with van der Waals surface area (Å²) in [6.45, 7) is 3.58. The molecule has 0 bridgehead atoms. The number of ketones is 1. The summed E-state index contributed by atoms with van der Waals surface area (Å²) in [6.07, 6.45) is 0. The van der Waals surface area contributed by atoms with Crippen molar-refractivity contribution in [2.45, 2.75) is 18.7 Å². The average molecular weight is 392 g/mol. The van der Waals surface area contributed by atoms with Crippen LogP contribution in [-0.2, 0) is 10.0 Å². The van der Waals surface area contributed by atoms with Gasteiger partial charge in [0, 0.05) is 11.1 Å². The molecular weight excluding hydrogens is 372 g/mol. The van der Waals surface area contributed by atoms with E-state index in [1.807, 2.05) is 11.8 Å². The van der Waals surface area contributed by atoms with Crippen molar-refractivity contribution in [3.63, 3.8) is 0 Å². The number of methoxy groups -OCH3 is 1. The number of hydrazine groups is 1. The van der Waals surface area contributed by atoms with Crippen molar-refractivity contribution >= 4 is 21.7 Å². The first kappa shape index (κ1) is 20.4. The second-order valence-corrected chi connectivity index (χ2v) is 7.12. The molecule has 2 N–H and O–H groups in total. The predicted octanol–water partition coefficient (Wildman–Crippen LogP) is 1.92. The lowest BCUT2D eigenvalue weighted by Gasteiger charge is -2.12. The van der Waals surface area contributed by atoms with E-state index in [0.29, 0.717) is 18.1 Å². The maximum atomic E-state index is 12.3. The van der Waals surface area contributed by atoms with Crippen LogP contribution >= 0.6 is 0 Å². The van der Waals surface area contributed by atoms with Crippen LogP contribution in [-0.4, -0.2) is 33.8 Å². The number of sulfonamides is 1. The van der Waals surface area contributed by atoms with E-state index >= 15 is 0 Å². The van der Waals surface area contributed by atoms with Crippen LogP contribution in [0.1, 0.15) is 34.6 Å². The van der Waals surface area contributed by atoms with E-state index in [9.17, 15) is 18.0 Å². The van der Waals surface area contributed by atoms with Crippen molar-refractivity contribution in [3.05, 3.63) is 53.6 Å². The summed E-state index contributed by atoms with van der Waals surface area (Å²) >= 11 is 0. The fourth-order valence-corrected chi connectivity index (χ4v) is 3.10. The molecule has 0 heterocycles. The van der Waals surface area contributed by atoms with Gasteiger partial charge in [0.25, 0.3) is 15.9 Å². The van der Waals surface area contributed by atoms with Crippen molar-refractivity contribution in [1.29, 1.82) is 0 Å². The zero-order valence-electron chi connectivity index (χ0n) is 15.1. The van der Waals surface area contributed by atoms with Crippen molar-refractivity contribution in [2.24, 2.45) is 0 Å². The molecule has 144 valence electrons. The van der Waals surface area contributed by atoms with Gasteiger partial charge in [-0.15, -0.1) is 4.83 Å². The van der Waals surface area contributed by atoms with Gasteiger partial charge in [0.15, 0.2) is 17.3 Å². The Hall–Kier alpha value is -2.91. The zero-order chi connectivity index (χ0) is 20.0. The number of amides is 1. The highest BCUT2D eigenvalue weighted by Crippen LogP contribution is 2.27. The zero-order valence-corrected chi connectivity index (χ0v) is 15.9. The van der Waals surface area contributed by atoms with E-state index in [2.05, 4.69) is 5.43 Å². The number of rotatable bonds is 8. The number of ether oxygens (including phenoxy) is 2. The summed E-state index contributed by atoms with van der Waals surface area (Å²) in [5.74, 6) is -0.125. The SMILES string of the molecule is CCOc1ccc(C(=O)NNS(=O)(=O)c2cccc(C(C)=O)c2)cc1OC. The number of nitrogens with one attached hydrogen (secondary N) is 2. The Morgan fingerprint density at radius 1 is 1.04 bits per heavy atom. The van der Waals surface area contributed by atoms with Crippen molar-refractivity contribution in [1.82, 2.24) is 10.3 Å². The molecule has 2 aromatic carbocycles. The van der Waals surface area contributed by atoms with Crippen LogP contribution in [0.3, 0.4) is 0 Å². The van der Waals surface area contributed by atoms with Gasteiger partial charge in [0.2, 0.25) is 0 Å². The molecule has 2 aromatic rings. The van der Waals surface area contributed by atoms with Crippen molar-refractivity contribution in [3.8, 4) is 11.5 Å². The van der Waals surface area contributed by atoms with E-state index in [1.165, 1.54) is 50.4 Å². The topological polar surface area (TPSA) is 111 Å². The average Bonchev–Trinajstić information content (AvgIpc) is 2.66. The summed E-state index contributed by atoms with van der Waals surface area (Å²) in [5, 5.41) is 0. The van der Waals surface area contributed by atoms with E-state index in [0.717, 1.165) is 0 Å². The Bertz CT molecular complexity index is 956. The summed E-state index contributed by atoms with van der Waals surface area (Å²) in [7, 11) is -2.61. The molecule has 2 rings (SSSR count). The standard InChI is InChI=1S/C18H20N2O6S/c1-4-26-16-9-8-14(11-17(16)25-3)18(22)19-20-27(23,24)15-7-5-6-13(10-15)12(2)21/h5-11,20H,4H2,1-3H3,(H,19,22). The van der Waals surface area contributed by atoms with Gasteiger partial charge in [-0.3, -0.25) is 15.0 Å². The minimum atomic E-state index is -4.04. The number of hydrogen-bond donors (Lipinski definition) is 2. The van der Waals surface area contributed by atoms with Crippen LogP contribution < -0.4 is 19.7 Å². The van der Waals surface area contributed by atoms with Crippen molar-refractivity contribution < 1.29 is 27.5 Å². The summed E-state index contributed by atoms with van der Waals surface area (Å²) in [6, 6.07) is 9.98. The predicted molar refractivity (Wildman–Crippen MR) is 98.4 cm³/mol. The molecule has 8 nitrogen and oxygen atoms in total. The molecule has 0 unspecified atom stereocenters. The lowest BCUT2D eigenvalue weighted by Crippen LogP contribution is -2.41. The third kappa shape index (κ3) is 5.05. The monoisotopic (exact) mass is 392 g/mol. The highest BCUT2D eigenvalue weighted by molar-refractivity contribution is 7.89. The van der Waals surface area contributed by atoms with E-state index < -0.39 is 15.9 Å². The second kappa shape index (κ2) is 8.65. The molecule has 0 atom stereocenters. The van der Waals surface area contributed by atoms with Crippen molar-refractivity contribution in [2.75, 3.05) is 13.7 Å². The van der Waals surface area contributed by atoms with Gasteiger partial charge in [-0.2, -0.15) is 0 Å². The molecule has 0 aromatic heterocycles. The molecule has 0 saturated carbocycles. The minimum Gasteiger partial charge on any atom is -0.493 e. The molecule has 27 heavy (non-hydrogen) atoms. The van der Waals surface area contributed by atoms with Crippen LogP contribution in [0.5, 0.6) is 11.5 Å². The summed E-state index contributed by atoms with van der Waals surface area (Å²) < 4.78 is 35.2. The fourth-order valence-electron chi connectivity index (χ4n) is 2.21. The van der Waals surface area contributed by atoms with E-state index in [-0.39, 0.29) is 21.8 Å². The second-order valence-electron chi connectivity index (χ2n) is 5.44. The Kier molecular flexibility index (Phi) is 6.54. The molecule has 0 fully saturated rings. The molecule has 0 radical (unpaired) electrons. The van der Waals surface area contributed by atoms with Gasteiger partial charge >= 0.3 is 0 Å². The third-order valence-corrected chi connectivity index (χ3v) is 4.82. The summed E-state index contributed by atoms with van der Waals surface area (Å²) in [4.78, 5) is 25.5. The van der Waals surface area contributed by atoms with Gasteiger partial charge in [-0.1, -0.05) is 12.1 Å². The number of benzene rings is 2. The van der Waals surface area contributed by atoms with Crippen LogP contribution in [0, 0.1) is 0 Å². The lowest BCUT2D eigenvalue weighted by molar-refractivity contribution is 0.0943. The molecule has 9 heteroatoms. The number of Topliss-reactive ketones (excluding diaryl/α,β-unsaturated/α-hetero) is 1. The Labute approximate surface area is 157 Å². The molecule has 0 spiro atoms. The maximum Gasteiger partial charge on any atom is 0.266 e. The smallest absolute Gasteiger partial charge is 0.266 e. The van der Waals surface area contributed by atoms with Gasteiger partial charge < -0.3 is 9.47 Å². The van der Waals surface area contributed by atoms with Crippen LogP contribution in [0.2, 0.25) is 0 Å². The van der Waals surface area contributed by atoms with Gasteiger partial charge in [0.05, 0.1) is 18.6 Å². The molecule has 0 aliphatic rings. The lowest BCUT2D eigenvalue weighted by atomic mass is 10.2. The first-order valence-electron chi connectivity index (χ1n) is 8.02. The third-order valence-electron chi connectivity index (χ3n) is 3.58. The molecule has 0 saturated heterocycles. The molecule has 0 aliphatic heterocycles. The van der Waals surface area contributed by atoms with Crippen LogP contribution in [0.4, 0.5) is 0 Å². The summed E-state index contributed by atoms with van der Waals surface area (Å²) in [5.41, 5.74) is 2.56. The molecule has 1 amide bonds. The molecular formula is C18H20N2O6S. The largest absolute Gasteiger partial charge is 0.493 e. The fraction of sp³-hybridized carbons (Fsp3) is 0.222. The maximum absolute atomic E-state index is 12.3. The van der Waals surface area contributed by atoms with E-state index in [4.69, 9.17) is 9.47 Å². The van der Waals surface area contributed by atoms with Gasteiger partial charge in [0.1, 0.15) is 0 Å². The Morgan fingerprint density at radius 2 is 1.78 bits per heavy atom. The normalized spacial score (nSPS) is 10.9. The Morgan fingerprint density at radius 3 is 2.41 bits per heavy atom. The quantitative estimate of drug-likeness (QED) is 0.524. The van der Waals surface area contributed by atoms with Crippen LogP contribution in [0.15, 0.2) is 47.4 Å². The van der Waals surface area contributed by atoms with Crippen LogP contribution in [0.25, 0.3) is 0 Å². The highest BCUT2D eigenvalue weighted by Gasteiger charge is 2.18. The Balaban J connectivity index is 2.14. The minimum absolute atomic E-state index is 0.139.